The Morgan fingerprint density at radius 3 is 2.50 bits per heavy atom. The van der Waals surface area contributed by atoms with Gasteiger partial charge in [-0.15, -0.1) is 0 Å². The third-order valence-corrected chi connectivity index (χ3v) is 4.48. The zero-order valence-electron chi connectivity index (χ0n) is 11.3. The largest absolute Gasteiger partial charge is 0.377 e. The third-order valence-electron chi connectivity index (χ3n) is 4.48. The van der Waals surface area contributed by atoms with Gasteiger partial charge >= 0.3 is 0 Å². The topological polar surface area (TPSA) is 24.5 Å². The van der Waals surface area contributed by atoms with E-state index in [0.29, 0.717) is 12.1 Å². The molecule has 2 saturated heterocycles. The number of piperazine rings is 1. The molecule has 3 atom stereocenters. The van der Waals surface area contributed by atoms with E-state index in [-0.39, 0.29) is 11.1 Å². The molecule has 2 fully saturated rings. The lowest BCUT2D eigenvalue weighted by molar-refractivity contribution is -0.0321. The van der Waals surface area contributed by atoms with Crippen molar-refractivity contribution >= 4 is 0 Å². The zero-order chi connectivity index (χ0) is 12.0. The minimum absolute atomic E-state index is 0.220. The van der Waals surface area contributed by atoms with Crippen molar-refractivity contribution in [3.8, 4) is 0 Å². The van der Waals surface area contributed by atoms with Crippen LogP contribution in [-0.4, -0.2) is 47.8 Å². The summed E-state index contributed by atoms with van der Waals surface area (Å²) in [6, 6.07) is 0.599. The maximum atomic E-state index is 5.78. The number of nitrogens with one attached hydrogen (secondary N) is 1. The number of ether oxygens (including phenoxy) is 1. The van der Waals surface area contributed by atoms with Crippen molar-refractivity contribution < 1.29 is 4.74 Å². The average molecular weight is 226 g/mol. The van der Waals surface area contributed by atoms with Crippen molar-refractivity contribution in [2.45, 2.75) is 64.3 Å². The Hall–Kier alpha value is -0.120. The Morgan fingerprint density at radius 2 is 1.94 bits per heavy atom. The highest BCUT2D eigenvalue weighted by Gasteiger charge is 2.47. The molecule has 3 unspecified atom stereocenters. The van der Waals surface area contributed by atoms with Crippen molar-refractivity contribution in [1.82, 2.24) is 10.2 Å². The lowest BCUT2D eigenvalue weighted by atomic mass is 9.86. The monoisotopic (exact) mass is 226 g/mol. The average Bonchev–Trinajstić information content (AvgIpc) is 2.53. The molecule has 0 spiro atoms. The van der Waals surface area contributed by atoms with E-state index in [0.717, 1.165) is 26.1 Å². The number of hydrogen-bond donors (Lipinski definition) is 1. The maximum absolute atomic E-state index is 5.78. The fourth-order valence-corrected chi connectivity index (χ4v) is 3.06. The summed E-state index contributed by atoms with van der Waals surface area (Å²) < 4.78 is 5.78. The second-order valence-corrected chi connectivity index (χ2v) is 6.36. The van der Waals surface area contributed by atoms with Crippen molar-refractivity contribution in [3.63, 3.8) is 0 Å². The summed E-state index contributed by atoms with van der Waals surface area (Å²) in [4.78, 5) is 2.65. The van der Waals surface area contributed by atoms with Crippen molar-refractivity contribution in [2.75, 3.05) is 19.7 Å². The first-order valence-electron chi connectivity index (χ1n) is 6.48. The van der Waals surface area contributed by atoms with Gasteiger partial charge in [0.15, 0.2) is 0 Å². The second kappa shape index (κ2) is 3.97. The predicted molar refractivity (Wildman–Crippen MR) is 66.7 cm³/mol. The predicted octanol–water partition coefficient (Wildman–Crippen LogP) is 1.63. The van der Waals surface area contributed by atoms with Crippen LogP contribution in [-0.2, 0) is 4.74 Å². The molecule has 2 heterocycles. The van der Waals surface area contributed by atoms with Gasteiger partial charge in [0.05, 0.1) is 6.10 Å². The van der Waals surface area contributed by atoms with Gasteiger partial charge in [0.2, 0.25) is 0 Å². The van der Waals surface area contributed by atoms with Crippen LogP contribution in [0.2, 0.25) is 0 Å². The van der Waals surface area contributed by atoms with Crippen LogP contribution in [0, 0.1) is 0 Å². The van der Waals surface area contributed by atoms with E-state index >= 15 is 0 Å². The maximum Gasteiger partial charge on any atom is 0.0728 e. The molecule has 0 aliphatic carbocycles. The van der Waals surface area contributed by atoms with Crippen LogP contribution in [0.3, 0.4) is 0 Å². The van der Waals surface area contributed by atoms with Gasteiger partial charge in [0, 0.05) is 36.8 Å². The Balaban J connectivity index is 2.18. The molecule has 3 heteroatoms. The van der Waals surface area contributed by atoms with Gasteiger partial charge in [0.25, 0.3) is 0 Å². The summed E-state index contributed by atoms with van der Waals surface area (Å²) in [5.41, 5.74) is 0.441. The van der Waals surface area contributed by atoms with Gasteiger partial charge < -0.3 is 10.1 Å². The minimum atomic E-state index is 0.220. The zero-order valence-corrected chi connectivity index (χ0v) is 11.3. The van der Waals surface area contributed by atoms with Gasteiger partial charge in [-0.25, -0.2) is 0 Å². The fourth-order valence-electron chi connectivity index (χ4n) is 3.06. The van der Waals surface area contributed by atoms with Crippen LogP contribution in [0.5, 0.6) is 0 Å². The normalized spacial score (nSPS) is 44.8. The first-order chi connectivity index (χ1) is 7.35. The van der Waals surface area contributed by atoms with Gasteiger partial charge in [-0.1, -0.05) is 0 Å². The highest BCUT2D eigenvalue weighted by molar-refractivity contribution is 5.03. The molecule has 0 aromatic rings. The van der Waals surface area contributed by atoms with Gasteiger partial charge in [0.1, 0.15) is 0 Å². The smallest absolute Gasteiger partial charge is 0.0728 e. The highest BCUT2D eigenvalue weighted by Crippen LogP contribution is 2.35. The summed E-state index contributed by atoms with van der Waals surface area (Å²) in [7, 11) is 0. The molecule has 0 saturated carbocycles. The van der Waals surface area contributed by atoms with E-state index < -0.39 is 0 Å². The molecule has 16 heavy (non-hydrogen) atoms. The van der Waals surface area contributed by atoms with Gasteiger partial charge in [-0.05, 0) is 41.0 Å². The lowest BCUT2D eigenvalue weighted by Gasteiger charge is -2.51. The molecule has 2 rings (SSSR count). The molecule has 94 valence electrons. The Bertz CT molecular complexity index is 267. The summed E-state index contributed by atoms with van der Waals surface area (Å²) in [5.74, 6) is 0. The summed E-state index contributed by atoms with van der Waals surface area (Å²) in [6.07, 6.45) is 1.51. The second-order valence-electron chi connectivity index (χ2n) is 6.36. The summed E-state index contributed by atoms with van der Waals surface area (Å²) in [6.45, 7) is 14.6. The van der Waals surface area contributed by atoms with E-state index in [1.807, 2.05) is 0 Å². The minimum Gasteiger partial charge on any atom is -0.377 e. The van der Waals surface area contributed by atoms with E-state index in [1.165, 1.54) is 0 Å². The lowest BCUT2D eigenvalue weighted by Crippen LogP contribution is -2.67. The van der Waals surface area contributed by atoms with Crippen LogP contribution in [0.15, 0.2) is 0 Å². The molecule has 2 aliphatic heterocycles. The summed E-state index contributed by atoms with van der Waals surface area (Å²) in [5, 5.41) is 3.61. The Kier molecular flexibility index (Phi) is 3.06. The van der Waals surface area contributed by atoms with Crippen LogP contribution in [0.1, 0.15) is 41.0 Å². The van der Waals surface area contributed by atoms with E-state index in [2.05, 4.69) is 44.8 Å². The van der Waals surface area contributed by atoms with Crippen LogP contribution >= 0.6 is 0 Å². The molecule has 0 aromatic carbocycles. The first-order valence-corrected chi connectivity index (χ1v) is 6.48. The van der Waals surface area contributed by atoms with E-state index in [4.69, 9.17) is 4.74 Å². The van der Waals surface area contributed by atoms with Crippen LogP contribution in [0.4, 0.5) is 0 Å². The quantitative estimate of drug-likeness (QED) is 0.735. The third kappa shape index (κ3) is 2.01. The van der Waals surface area contributed by atoms with E-state index in [1.54, 1.807) is 0 Å². The van der Waals surface area contributed by atoms with Gasteiger partial charge in [-0.3, -0.25) is 4.90 Å². The SMILES string of the molecule is CC1CNC(C)(C)CN1C1(C)CCOC1C. The molecule has 3 nitrogen and oxygen atoms in total. The molecule has 0 amide bonds. The van der Waals surface area contributed by atoms with Crippen LogP contribution in [0.25, 0.3) is 0 Å². The van der Waals surface area contributed by atoms with Crippen LogP contribution < -0.4 is 5.32 Å². The molecular formula is C13H26N2O. The standard InChI is InChI=1S/C13H26N2O/c1-10-8-14-12(3,4)9-15(10)13(5)6-7-16-11(13)2/h10-11,14H,6-9H2,1-5H3. The van der Waals surface area contributed by atoms with Crippen molar-refractivity contribution in [2.24, 2.45) is 0 Å². The molecule has 2 aliphatic rings. The fraction of sp³-hybridized carbons (Fsp3) is 1.00. The molecule has 0 radical (unpaired) electrons. The van der Waals surface area contributed by atoms with Gasteiger partial charge in [-0.2, -0.15) is 0 Å². The molecule has 0 aromatic heterocycles. The van der Waals surface area contributed by atoms with Crippen molar-refractivity contribution in [1.29, 1.82) is 0 Å². The summed E-state index contributed by atoms with van der Waals surface area (Å²) >= 11 is 0. The molecule has 1 N–H and O–H groups in total. The van der Waals surface area contributed by atoms with Crippen molar-refractivity contribution in [3.05, 3.63) is 0 Å². The molecule has 0 bridgehead atoms. The highest BCUT2D eigenvalue weighted by atomic mass is 16.5. The Labute approximate surface area is 99.5 Å². The van der Waals surface area contributed by atoms with E-state index in [9.17, 15) is 0 Å². The number of rotatable bonds is 1. The first kappa shape index (κ1) is 12.3. The Morgan fingerprint density at radius 1 is 1.25 bits per heavy atom. The number of nitrogens with zero attached hydrogens (tertiary/aromatic N) is 1. The molecular weight excluding hydrogens is 200 g/mol. The number of hydrogen-bond acceptors (Lipinski definition) is 3.